The fourth-order valence-electron chi connectivity index (χ4n) is 1.68. The fourth-order valence-corrected chi connectivity index (χ4v) is 1.68. The number of nitrogens with one attached hydrogen (secondary N) is 1. The van der Waals surface area contributed by atoms with Crippen LogP contribution in [0.5, 0.6) is 0 Å². The summed E-state index contributed by atoms with van der Waals surface area (Å²) in [6, 6.07) is 1.91. The average Bonchev–Trinajstić information content (AvgIpc) is 2.86. The van der Waals surface area contributed by atoms with Crippen molar-refractivity contribution in [1.82, 2.24) is 9.78 Å². The van der Waals surface area contributed by atoms with E-state index in [9.17, 15) is 19.3 Å². The van der Waals surface area contributed by atoms with Gasteiger partial charge < -0.3 is 11.1 Å². The molecule has 0 aliphatic carbocycles. The Labute approximate surface area is 118 Å². The third-order valence-electron chi connectivity index (χ3n) is 2.79. The summed E-state index contributed by atoms with van der Waals surface area (Å²) in [4.78, 5) is 21.7. The van der Waals surface area contributed by atoms with Crippen LogP contribution in [-0.2, 0) is 11.8 Å². The number of carbonyl (C=O) groups excluding carboxylic acids is 1. The number of aromatic nitrogens is 2. The Morgan fingerprint density at radius 1 is 1.57 bits per heavy atom. The van der Waals surface area contributed by atoms with Gasteiger partial charge in [0.2, 0.25) is 5.91 Å². The van der Waals surface area contributed by atoms with E-state index in [1.165, 1.54) is 10.9 Å². The van der Waals surface area contributed by atoms with Crippen molar-refractivity contribution in [3.63, 3.8) is 0 Å². The van der Waals surface area contributed by atoms with Crippen molar-refractivity contribution < 1.29 is 14.1 Å². The maximum absolute atomic E-state index is 13.7. The molecule has 1 amide bonds. The van der Waals surface area contributed by atoms with Gasteiger partial charge in [0.05, 0.1) is 22.9 Å². The van der Waals surface area contributed by atoms with Crippen molar-refractivity contribution in [2.45, 2.75) is 6.04 Å². The van der Waals surface area contributed by atoms with E-state index < -0.39 is 28.4 Å². The highest BCUT2D eigenvalue weighted by atomic mass is 19.1. The lowest BCUT2D eigenvalue weighted by Crippen LogP contribution is -2.27. The van der Waals surface area contributed by atoms with Crippen LogP contribution >= 0.6 is 0 Å². The number of amides is 1. The molecule has 1 aromatic heterocycles. The molecule has 3 N–H and O–H groups in total. The second-order valence-electron chi connectivity index (χ2n) is 4.34. The smallest absolute Gasteiger partial charge is 0.272 e. The fraction of sp³-hybridized carbons (Fsp3) is 0.167. The van der Waals surface area contributed by atoms with Gasteiger partial charge in [0.15, 0.2) is 5.82 Å². The number of hydrogen-bond donors (Lipinski definition) is 2. The van der Waals surface area contributed by atoms with Gasteiger partial charge in [-0.1, -0.05) is 0 Å². The van der Waals surface area contributed by atoms with E-state index in [2.05, 4.69) is 10.4 Å². The van der Waals surface area contributed by atoms with Gasteiger partial charge in [0.1, 0.15) is 6.04 Å². The minimum absolute atomic E-state index is 0.176. The molecule has 0 bridgehead atoms. The maximum Gasteiger partial charge on any atom is 0.272 e. The van der Waals surface area contributed by atoms with Crippen molar-refractivity contribution in [3.05, 3.63) is 52.1 Å². The molecule has 21 heavy (non-hydrogen) atoms. The predicted octanol–water partition coefficient (Wildman–Crippen LogP) is 1.11. The molecule has 9 heteroatoms. The molecular weight excluding hydrogens is 281 g/mol. The van der Waals surface area contributed by atoms with Crippen molar-refractivity contribution in [3.8, 4) is 0 Å². The zero-order valence-corrected chi connectivity index (χ0v) is 11.0. The van der Waals surface area contributed by atoms with E-state index in [1.807, 2.05) is 0 Å². The number of nitrogens with zero attached hydrogens (tertiary/aromatic N) is 3. The quantitative estimate of drug-likeness (QED) is 0.647. The normalized spacial score (nSPS) is 12.0. The standard InChI is InChI=1S/C12H12FN5O3/c1-17-6-7(5-15-17)11(14)12(19)16-10-3-2-8(18(20)21)4-9(10)13/h2-6,11H,14H2,1H3,(H,16,19). The van der Waals surface area contributed by atoms with Gasteiger partial charge in [-0.3, -0.25) is 19.6 Å². The lowest BCUT2D eigenvalue weighted by atomic mass is 10.1. The summed E-state index contributed by atoms with van der Waals surface area (Å²) in [5, 5.41) is 16.7. The Kier molecular flexibility index (Phi) is 3.94. The first kappa shape index (κ1) is 14.6. The van der Waals surface area contributed by atoms with E-state index in [0.29, 0.717) is 5.56 Å². The molecule has 1 heterocycles. The molecule has 0 saturated carbocycles. The topological polar surface area (TPSA) is 116 Å². The molecule has 1 aromatic carbocycles. The van der Waals surface area contributed by atoms with Gasteiger partial charge in [-0.15, -0.1) is 0 Å². The molecule has 0 saturated heterocycles. The van der Waals surface area contributed by atoms with E-state index in [-0.39, 0.29) is 5.69 Å². The molecule has 8 nitrogen and oxygen atoms in total. The van der Waals surface area contributed by atoms with Crippen LogP contribution in [0, 0.1) is 15.9 Å². The second kappa shape index (κ2) is 5.67. The SMILES string of the molecule is Cn1cc(C(N)C(=O)Nc2ccc([N+](=O)[O-])cc2F)cn1. The summed E-state index contributed by atoms with van der Waals surface area (Å²) in [5.74, 6) is -1.55. The largest absolute Gasteiger partial charge is 0.322 e. The van der Waals surface area contributed by atoms with Gasteiger partial charge in [0, 0.05) is 24.9 Å². The minimum atomic E-state index is -1.02. The van der Waals surface area contributed by atoms with Gasteiger partial charge in [-0.2, -0.15) is 5.10 Å². The minimum Gasteiger partial charge on any atom is -0.322 e. The molecule has 0 spiro atoms. The molecule has 2 aromatic rings. The number of aryl methyl sites for hydroxylation is 1. The zero-order chi connectivity index (χ0) is 15.6. The molecule has 0 fully saturated rings. The van der Waals surface area contributed by atoms with Crippen LogP contribution in [0.4, 0.5) is 15.8 Å². The van der Waals surface area contributed by atoms with Gasteiger partial charge in [0.25, 0.3) is 5.69 Å². The molecule has 1 atom stereocenters. The number of halogens is 1. The lowest BCUT2D eigenvalue weighted by Gasteiger charge is -2.11. The molecule has 1 unspecified atom stereocenters. The number of rotatable bonds is 4. The number of nitro groups is 1. The summed E-state index contributed by atoms with van der Waals surface area (Å²) < 4.78 is 15.1. The van der Waals surface area contributed by atoms with Crippen molar-refractivity contribution in [1.29, 1.82) is 0 Å². The summed E-state index contributed by atoms with van der Waals surface area (Å²) in [6.07, 6.45) is 2.99. The third-order valence-corrected chi connectivity index (χ3v) is 2.79. The summed E-state index contributed by atoms with van der Waals surface area (Å²) >= 11 is 0. The Hall–Kier alpha value is -2.81. The molecule has 0 aliphatic heterocycles. The number of hydrogen-bond acceptors (Lipinski definition) is 5. The van der Waals surface area contributed by atoms with Crippen LogP contribution in [0.25, 0.3) is 0 Å². The highest BCUT2D eigenvalue weighted by Crippen LogP contribution is 2.21. The average molecular weight is 293 g/mol. The van der Waals surface area contributed by atoms with Crippen LogP contribution in [-0.4, -0.2) is 20.6 Å². The molecule has 2 rings (SSSR count). The zero-order valence-electron chi connectivity index (χ0n) is 11.0. The van der Waals surface area contributed by atoms with Gasteiger partial charge >= 0.3 is 0 Å². The summed E-state index contributed by atoms with van der Waals surface area (Å²) in [5.41, 5.74) is 5.62. The third kappa shape index (κ3) is 3.20. The van der Waals surface area contributed by atoms with Crippen LogP contribution in [0.1, 0.15) is 11.6 Å². The van der Waals surface area contributed by atoms with Crippen molar-refractivity contribution in [2.75, 3.05) is 5.32 Å². The number of carbonyl (C=O) groups is 1. The number of nitrogens with two attached hydrogens (primary N) is 1. The lowest BCUT2D eigenvalue weighted by molar-refractivity contribution is -0.385. The molecular formula is C12H12FN5O3. The first-order valence-electron chi connectivity index (χ1n) is 5.87. The van der Waals surface area contributed by atoms with Crippen molar-refractivity contribution in [2.24, 2.45) is 12.8 Å². The number of nitro benzene ring substituents is 1. The summed E-state index contributed by atoms with van der Waals surface area (Å²) in [6.45, 7) is 0. The summed E-state index contributed by atoms with van der Waals surface area (Å²) in [7, 11) is 1.67. The highest BCUT2D eigenvalue weighted by Gasteiger charge is 2.19. The highest BCUT2D eigenvalue weighted by molar-refractivity contribution is 5.95. The van der Waals surface area contributed by atoms with Crippen LogP contribution in [0.15, 0.2) is 30.6 Å². The predicted molar refractivity (Wildman–Crippen MR) is 71.8 cm³/mol. The van der Waals surface area contributed by atoms with Crippen LogP contribution < -0.4 is 11.1 Å². The monoisotopic (exact) mass is 293 g/mol. The van der Waals surface area contributed by atoms with E-state index in [0.717, 1.165) is 18.2 Å². The Bertz CT molecular complexity index is 700. The van der Waals surface area contributed by atoms with Crippen LogP contribution in [0.2, 0.25) is 0 Å². The van der Waals surface area contributed by atoms with Crippen molar-refractivity contribution >= 4 is 17.3 Å². The number of benzene rings is 1. The first-order valence-corrected chi connectivity index (χ1v) is 5.87. The Morgan fingerprint density at radius 2 is 2.29 bits per heavy atom. The van der Waals surface area contributed by atoms with E-state index in [1.54, 1.807) is 13.2 Å². The molecule has 0 radical (unpaired) electrons. The first-order chi connectivity index (χ1) is 9.88. The Balaban J connectivity index is 2.14. The number of non-ortho nitro benzene ring substituents is 1. The van der Waals surface area contributed by atoms with Crippen LogP contribution in [0.3, 0.4) is 0 Å². The van der Waals surface area contributed by atoms with E-state index in [4.69, 9.17) is 5.73 Å². The van der Waals surface area contributed by atoms with Gasteiger partial charge in [-0.05, 0) is 6.07 Å². The maximum atomic E-state index is 13.7. The second-order valence-corrected chi connectivity index (χ2v) is 4.34. The number of anilines is 1. The molecule has 110 valence electrons. The van der Waals surface area contributed by atoms with Gasteiger partial charge in [-0.25, -0.2) is 4.39 Å². The molecule has 0 aliphatic rings. The van der Waals surface area contributed by atoms with E-state index >= 15 is 0 Å². The Morgan fingerprint density at radius 3 is 2.81 bits per heavy atom.